The Labute approximate surface area is 72.3 Å². The summed E-state index contributed by atoms with van der Waals surface area (Å²) in [6.07, 6.45) is 7.03. The highest BCUT2D eigenvalue weighted by atomic mass is 14.9. The van der Waals surface area contributed by atoms with Crippen LogP contribution in [0.4, 0.5) is 0 Å². The van der Waals surface area contributed by atoms with E-state index in [0.29, 0.717) is 0 Å². The van der Waals surface area contributed by atoms with E-state index in [1.807, 2.05) is 12.4 Å². The Morgan fingerprint density at radius 1 is 1.42 bits per heavy atom. The standard InChI is InChI=1S/C9H13N3/c1-3-10-4-2-8(1)9-7-11-5-6-12-9/h1,5-6,10-11H,2-4,7H2. The molecule has 64 valence electrons. The van der Waals surface area contributed by atoms with E-state index in [0.717, 1.165) is 26.1 Å². The van der Waals surface area contributed by atoms with Gasteiger partial charge in [-0.2, -0.15) is 0 Å². The lowest BCUT2D eigenvalue weighted by Gasteiger charge is -2.17. The molecule has 0 aromatic carbocycles. The van der Waals surface area contributed by atoms with E-state index in [1.54, 1.807) is 0 Å². The van der Waals surface area contributed by atoms with Crippen molar-refractivity contribution in [1.82, 2.24) is 10.6 Å². The molecule has 2 heterocycles. The van der Waals surface area contributed by atoms with Gasteiger partial charge in [0.15, 0.2) is 0 Å². The number of nitrogens with zero attached hydrogens (tertiary/aromatic N) is 1. The first-order valence-electron chi connectivity index (χ1n) is 4.32. The molecule has 0 saturated carbocycles. The van der Waals surface area contributed by atoms with Crippen LogP contribution in [0.1, 0.15) is 6.42 Å². The van der Waals surface area contributed by atoms with E-state index in [9.17, 15) is 0 Å². The van der Waals surface area contributed by atoms with Gasteiger partial charge in [0.25, 0.3) is 0 Å². The summed E-state index contributed by atoms with van der Waals surface area (Å²) in [7, 11) is 0. The molecule has 0 fully saturated rings. The van der Waals surface area contributed by atoms with E-state index < -0.39 is 0 Å². The second-order valence-electron chi connectivity index (χ2n) is 2.96. The lowest BCUT2D eigenvalue weighted by Crippen LogP contribution is -2.28. The quantitative estimate of drug-likeness (QED) is 0.588. The Morgan fingerprint density at radius 3 is 3.08 bits per heavy atom. The monoisotopic (exact) mass is 163 g/mol. The van der Waals surface area contributed by atoms with Crippen molar-refractivity contribution in [2.75, 3.05) is 19.6 Å². The third-order valence-corrected chi connectivity index (χ3v) is 2.13. The maximum atomic E-state index is 4.33. The smallest absolute Gasteiger partial charge is 0.0624 e. The Hall–Kier alpha value is -1.09. The van der Waals surface area contributed by atoms with Crippen molar-refractivity contribution in [3.8, 4) is 0 Å². The highest BCUT2D eigenvalue weighted by molar-refractivity contribution is 6.02. The van der Waals surface area contributed by atoms with Crippen LogP contribution >= 0.6 is 0 Å². The molecule has 0 amide bonds. The number of hydrogen-bond donors (Lipinski definition) is 2. The second kappa shape index (κ2) is 3.54. The van der Waals surface area contributed by atoms with Gasteiger partial charge in [-0.05, 0) is 18.5 Å². The Morgan fingerprint density at radius 2 is 2.42 bits per heavy atom. The summed E-state index contributed by atoms with van der Waals surface area (Å²) in [6.45, 7) is 2.94. The van der Waals surface area contributed by atoms with Gasteiger partial charge in [0.1, 0.15) is 0 Å². The van der Waals surface area contributed by atoms with Crippen molar-refractivity contribution < 1.29 is 0 Å². The average molecular weight is 163 g/mol. The van der Waals surface area contributed by atoms with Gasteiger partial charge in [-0.25, -0.2) is 0 Å². The molecule has 0 aliphatic carbocycles. The third kappa shape index (κ3) is 1.56. The van der Waals surface area contributed by atoms with Gasteiger partial charge < -0.3 is 10.6 Å². The first kappa shape index (κ1) is 7.55. The molecule has 0 atom stereocenters. The van der Waals surface area contributed by atoms with Gasteiger partial charge in [0.05, 0.1) is 12.3 Å². The van der Waals surface area contributed by atoms with Crippen molar-refractivity contribution in [2.24, 2.45) is 4.99 Å². The second-order valence-corrected chi connectivity index (χ2v) is 2.96. The summed E-state index contributed by atoms with van der Waals surface area (Å²) in [5, 5.41) is 6.44. The summed E-state index contributed by atoms with van der Waals surface area (Å²) in [5.41, 5.74) is 2.59. The van der Waals surface area contributed by atoms with Crippen molar-refractivity contribution >= 4 is 5.71 Å². The van der Waals surface area contributed by atoms with Crippen LogP contribution in [0, 0.1) is 0 Å². The Kier molecular flexibility index (Phi) is 2.23. The van der Waals surface area contributed by atoms with E-state index in [1.165, 1.54) is 11.3 Å². The lowest BCUT2D eigenvalue weighted by atomic mass is 10.0. The molecule has 2 aliphatic rings. The summed E-state index contributed by atoms with van der Waals surface area (Å²) in [4.78, 5) is 4.33. The molecule has 2 rings (SSSR count). The molecule has 2 aliphatic heterocycles. The van der Waals surface area contributed by atoms with Crippen molar-refractivity contribution in [1.29, 1.82) is 0 Å². The minimum atomic E-state index is 0.877. The van der Waals surface area contributed by atoms with Gasteiger partial charge in [0.2, 0.25) is 0 Å². The van der Waals surface area contributed by atoms with Crippen molar-refractivity contribution in [3.05, 3.63) is 24.0 Å². The molecule has 3 nitrogen and oxygen atoms in total. The van der Waals surface area contributed by atoms with E-state index in [2.05, 4.69) is 21.7 Å². The van der Waals surface area contributed by atoms with E-state index in [-0.39, 0.29) is 0 Å². The summed E-state index contributed by atoms with van der Waals surface area (Å²) < 4.78 is 0. The molecule has 0 spiro atoms. The topological polar surface area (TPSA) is 36.4 Å². The van der Waals surface area contributed by atoms with Crippen molar-refractivity contribution in [3.63, 3.8) is 0 Å². The molecular formula is C9H13N3. The van der Waals surface area contributed by atoms with Crippen molar-refractivity contribution in [2.45, 2.75) is 6.42 Å². The van der Waals surface area contributed by atoms with Crippen LogP contribution in [-0.2, 0) is 0 Å². The zero-order chi connectivity index (χ0) is 8.23. The molecule has 0 unspecified atom stereocenters. The maximum absolute atomic E-state index is 4.33. The summed E-state index contributed by atoms with van der Waals surface area (Å²) in [5.74, 6) is 0. The van der Waals surface area contributed by atoms with Crippen LogP contribution < -0.4 is 10.6 Å². The summed E-state index contributed by atoms with van der Waals surface area (Å²) in [6, 6.07) is 0. The highest BCUT2D eigenvalue weighted by Crippen LogP contribution is 2.08. The zero-order valence-electron chi connectivity index (χ0n) is 7.01. The van der Waals surface area contributed by atoms with Crippen LogP contribution in [0.3, 0.4) is 0 Å². The van der Waals surface area contributed by atoms with E-state index in [4.69, 9.17) is 0 Å². The molecule has 0 aromatic heterocycles. The van der Waals surface area contributed by atoms with Gasteiger partial charge in [-0.1, -0.05) is 6.08 Å². The zero-order valence-corrected chi connectivity index (χ0v) is 7.01. The molecule has 0 bridgehead atoms. The highest BCUT2D eigenvalue weighted by Gasteiger charge is 2.09. The molecule has 3 heteroatoms. The fourth-order valence-electron chi connectivity index (χ4n) is 1.46. The van der Waals surface area contributed by atoms with Crippen LogP contribution in [0.15, 0.2) is 29.0 Å². The Balaban J connectivity index is 2.11. The predicted octanol–water partition coefficient (Wildman–Crippen LogP) is 0.422. The largest absolute Gasteiger partial charge is 0.384 e. The minimum Gasteiger partial charge on any atom is -0.384 e. The van der Waals surface area contributed by atoms with Crippen LogP contribution in [0.2, 0.25) is 0 Å². The van der Waals surface area contributed by atoms with Crippen LogP contribution in [0.25, 0.3) is 0 Å². The van der Waals surface area contributed by atoms with Gasteiger partial charge in [0, 0.05) is 18.9 Å². The van der Waals surface area contributed by atoms with Crippen LogP contribution in [-0.4, -0.2) is 25.3 Å². The predicted molar refractivity (Wildman–Crippen MR) is 50.1 cm³/mol. The lowest BCUT2D eigenvalue weighted by molar-refractivity contribution is 0.715. The fourth-order valence-corrected chi connectivity index (χ4v) is 1.46. The number of hydrogen-bond acceptors (Lipinski definition) is 3. The number of rotatable bonds is 1. The van der Waals surface area contributed by atoms with Gasteiger partial charge in [-0.3, -0.25) is 4.99 Å². The Bertz CT molecular complexity index is 250. The molecule has 0 aromatic rings. The normalized spacial score (nSPS) is 22.7. The average Bonchev–Trinajstić information content (AvgIpc) is 2.21. The van der Waals surface area contributed by atoms with Gasteiger partial charge >= 0.3 is 0 Å². The molecular weight excluding hydrogens is 150 g/mol. The molecule has 2 N–H and O–H groups in total. The molecule has 12 heavy (non-hydrogen) atoms. The fraction of sp³-hybridized carbons (Fsp3) is 0.444. The van der Waals surface area contributed by atoms with Crippen LogP contribution in [0.5, 0.6) is 0 Å². The summed E-state index contributed by atoms with van der Waals surface area (Å²) >= 11 is 0. The van der Waals surface area contributed by atoms with Gasteiger partial charge in [-0.15, -0.1) is 0 Å². The number of aliphatic imine (C=N–C) groups is 1. The molecule has 0 saturated heterocycles. The van der Waals surface area contributed by atoms with E-state index >= 15 is 0 Å². The first-order chi connectivity index (χ1) is 5.97. The minimum absolute atomic E-state index is 0.877. The SMILES string of the molecule is C1=CNCC(C2=CCNCC2)=N1. The maximum Gasteiger partial charge on any atom is 0.0624 e. The molecule has 0 radical (unpaired) electrons. The third-order valence-electron chi connectivity index (χ3n) is 2.13. The number of nitrogens with one attached hydrogen (secondary N) is 2. The first-order valence-corrected chi connectivity index (χ1v) is 4.32.